The van der Waals surface area contributed by atoms with Crippen molar-refractivity contribution >= 4 is 23.5 Å². The molecule has 0 radical (unpaired) electrons. The van der Waals surface area contributed by atoms with Gasteiger partial charge in [-0.15, -0.1) is 0 Å². The van der Waals surface area contributed by atoms with Gasteiger partial charge in [-0.05, 0) is 72.4 Å². The smallest absolute Gasteiger partial charge is 0.185 e. The van der Waals surface area contributed by atoms with Crippen LogP contribution >= 0.6 is 11.6 Å². The zero-order valence-corrected chi connectivity index (χ0v) is 20.0. The van der Waals surface area contributed by atoms with Gasteiger partial charge in [-0.1, -0.05) is 61.9 Å². The van der Waals surface area contributed by atoms with Crippen molar-refractivity contribution < 1.29 is 14.3 Å². The van der Waals surface area contributed by atoms with Crippen LogP contribution in [0.2, 0.25) is 5.02 Å². The summed E-state index contributed by atoms with van der Waals surface area (Å²) in [6.07, 6.45) is 3.42. The van der Waals surface area contributed by atoms with E-state index in [1.165, 1.54) is 5.56 Å². The van der Waals surface area contributed by atoms with Crippen LogP contribution in [0.3, 0.4) is 0 Å². The first-order valence-electron chi connectivity index (χ1n) is 10.7. The summed E-state index contributed by atoms with van der Waals surface area (Å²) in [6, 6.07) is 17.4. The van der Waals surface area contributed by atoms with Crippen molar-refractivity contribution in [2.45, 2.75) is 40.2 Å². The minimum Gasteiger partial charge on any atom is -0.496 e. The molecule has 0 aliphatic heterocycles. The highest BCUT2D eigenvalue weighted by atomic mass is 35.5. The molecule has 0 amide bonds. The summed E-state index contributed by atoms with van der Waals surface area (Å²) in [5.41, 5.74) is 5.65. The van der Waals surface area contributed by atoms with Gasteiger partial charge >= 0.3 is 0 Å². The van der Waals surface area contributed by atoms with Crippen LogP contribution in [0.25, 0.3) is 6.08 Å². The molecule has 0 atom stereocenters. The first kappa shape index (κ1) is 23.6. The van der Waals surface area contributed by atoms with Gasteiger partial charge in [-0.25, -0.2) is 0 Å². The van der Waals surface area contributed by atoms with Crippen molar-refractivity contribution in [1.82, 2.24) is 0 Å². The number of aryl methyl sites for hydroxylation is 2. The second-order valence-corrected chi connectivity index (χ2v) is 8.58. The fourth-order valence-corrected chi connectivity index (χ4v) is 3.58. The van der Waals surface area contributed by atoms with Crippen molar-refractivity contribution in [1.29, 1.82) is 0 Å². The lowest BCUT2D eigenvalue weighted by molar-refractivity contribution is 0.104. The highest BCUT2D eigenvalue weighted by Gasteiger charge is 2.08. The molecule has 0 fully saturated rings. The SMILES string of the molecule is COc1ccc(/C=C/C(=O)c2ccc(C(C)C)cc2)cc1COc1cc(C)c(Cl)c(C)c1. The minimum absolute atomic E-state index is 0.0268. The van der Waals surface area contributed by atoms with Crippen LogP contribution in [-0.2, 0) is 6.61 Å². The Bertz CT molecular complexity index is 1100. The summed E-state index contributed by atoms with van der Waals surface area (Å²) in [7, 11) is 1.63. The third kappa shape index (κ3) is 5.80. The number of ether oxygens (including phenoxy) is 2. The molecule has 0 heterocycles. The molecule has 0 aliphatic rings. The normalized spacial score (nSPS) is 11.2. The van der Waals surface area contributed by atoms with Gasteiger partial charge in [0.25, 0.3) is 0 Å². The number of allylic oxidation sites excluding steroid dienone is 1. The Balaban J connectivity index is 1.74. The number of benzene rings is 3. The Morgan fingerprint density at radius 2 is 1.66 bits per heavy atom. The predicted octanol–water partition coefficient (Wildman–Crippen LogP) is 7.56. The molecule has 0 bridgehead atoms. The molecule has 0 aromatic heterocycles. The molecule has 3 nitrogen and oxygen atoms in total. The largest absolute Gasteiger partial charge is 0.496 e. The van der Waals surface area contributed by atoms with Crippen LogP contribution in [0.15, 0.2) is 60.7 Å². The number of rotatable bonds is 8. The number of ketones is 1. The number of hydrogen-bond acceptors (Lipinski definition) is 3. The van der Waals surface area contributed by atoms with E-state index in [1.54, 1.807) is 13.2 Å². The Labute approximate surface area is 195 Å². The summed E-state index contributed by atoms with van der Waals surface area (Å²) in [5, 5.41) is 0.755. The first-order chi connectivity index (χ1) is 15.3. The number of carbonyl (C=O) groups excluding carboxylic acids is 1. The zero-order chi connectivity index (χ0) is 23.3. The topological polar surface area (TPSA) is 35.5 Å². The summed E-state index contributed by atoms with van der Waals surface area (Å²) >= 11 is 6.25. The van der Waals surface area contributed by atoms with E-state index < -0.39 is 0 Å². The van der Waals surface area contributed by atoms with Crippen LogP contribution in [0.1, 0.15) is 57.9 Å². The van der Waals surface area contributed by atoms with E-state index in [2.05, 4.69) is 13.8 Å². The summed E-state index contributed by atoms with van der Waals surface area (Å²) in [4.78, 5) is 12.6. The molecule has 32 heavy (non-hydrogen) atoms. The maximum Gasteiger partial charge on any atom is 0.185 e. The van der Waals surface area contributed by atoms with Crippen LogP contribution in [0.4, 0.5) is 0 Å². The molecule has 0 unspecified atom stereocenters. The third-order valence-corrected chi connectivity index (χ3v) is 5.99. The second-order valence-electron chi connectivity index (χ2n) is 8.21. The second kappa shape index (κ2) is 10.5. The third-order valence-electron chi connectivity index (χ3n) is 5.40. The minimum atomic E-state index is -0.0268. The van der Waals surface area contributed by atoms with Gasteiger partial charge in [-0.3, -0.25) is 4.79 Å². The summed E-state index contributed by atoms with van der Waals surface area (Å²) < 4.78 is 11.5. The predicted molar refractivity (Wildman–Crippen MR) is 132 cm³/mol. The standard InChI is InChI=1S/C28H29ClO3/c1-18(2)22-8-10-23(11-9-22)26(30)12-6-21-7-13-27(31-5)24(16-21)17-32-25-14-19(3)28(29)20(4)15-25/h6-16,18H,17H2,1-5H3/b12-6+. The molecule has 0 spiro atoms. The Hall–Kier alpha value is -3.04. The molecule has 0 aliphatic carbocycles. The Kier molecular flexibility index (Phi) is 7.76. The molecular formula is C28H29ClO3. The highest BCUT2D eigenvalue weighted by Crippen LogP contribution is 2.28. The molecule has 166 valence electrons. The van der Waals surface area contributed by atoms with Crippen molar-refractivity contribution in [2.75, 3.05) is 7.11 Å². The molecule has 3 aromatic carbocycles. The van der Waals surface area contributed by atoms with Crippen LogP contribution in [0.5, 0.6) is 11.5 Å². The van der Waals surface area contributed by atoms with Crippen LogP contribution < -0.4 is 9.47 Å². The van der Waals surface area contributed by atoms with E-state index in [4.69, 9.17) is 21.1 Å². The van der Waals surface area contributed by atoms with E-state index in [1.807, 2.05) is 74.5 Å². The van der Waals surface area contributed by atoms with Gasteiger partial charge in [0.05, 0.1) is 7.11 Å². The lowest BCUT2D eigenvalue weighted by atomic mass is 10.00. The van der Waals surface area contributed by atoms with Gasteiger partial charge < -0.3 is 9.47 Å². The van der Waals surface area contributed by atoms with Gasteiger partial charge in [-0.2, -0.15) is 0 Å². The van der Waals surface area contributed by atoms with Gasteiger partial charge in [0.15, 0.2) is 5.78 Å². The lowest BCUT2D eigenvalue weighted by Gasteiger charge is -2.13. The summed E-state index contributed by atoms with van der Waals surface area (Å²) in [5.74, 6) is 1.91. The van der Waals surface area contributed by atoms with Gasteiger partial charge in [0.2, 0.25) is 0 Å². The average molecular weight is 449 g/mol. The maximum atomic E-state index is 12.6. The van der Waals surface area contributed by atoms with E-state index in [9.17, 15) is 4.79 Å². The quantitative estimate of drug-likeness (QED) is 0.263. The molecule has 3 aromatic rings. The molecule has 0 N–H and O–H groups in total. The first-order valence-corrected chi connectivity index (χ1v) is 11.0. The Morgan fingerprint density at radius 1 is 1.00 bits per heavy atom. The lowest BCUT2D eigenvalue weighted by Crippen LogP contribution is -2.00. The number of methoxy groups -OCH3 is 1. The number of carbonyl (C=O) groups is 1. The molecular weight excluding hydrogens is 420 g/mol. The fourth-order valence-electron chi connectivity index (χ4n) is 3.47. The number of halogens is 1. The molecule has 4 heteroatoms. The van der Waals surface area contributed by atoms with Crippen molar-refractivity contribution in [3.8, 4) is 11.5 Å². The molecule has 0 saturated heterocycles. The van der Waals surface area contributed by atoms with Crippen LogP contribution in [-0.4, -0.2) is 12.9 Å². The van der Waals surface area contributed by atoms with E-state index in [-0.39, 0.29) is 5.78 Å². The Morgan fingerprint density at radius 3 is 2.25 bits per heavy atom. The molecule has 0 saturated carbocycles. The highest BCUT2D eigenvalue weighted by molar-refractivity contribution is 6.32. The van der Waals surface area contributed by atoms with E-state index in [0.717, 1.165) is 38.8 Å². The summed E-state index contributed by atoms with van der Waals surface area (Å²) in [6.45, 7) is 8.53. The number of hydrogen-bond donors (Lipinski definition) is 0. The van der Waals surface area contributed by atoms with Crippen molar-refractivity contribution in [3.05, 3.63) is 99.1 Å². The monoisotopic (exact) mass is 448 g/mol. The van der Waals surface area contributed by atoms with E-state index in [0.29, 0.717) is 18.1 Å². The maximum absolute atomic E-state index is 12.6. The van der Waals surface area contributed by atoms with Gasteiger partial charge in [0, 0.05) is 16.1 Å². The molecule has 3 rings (SSSR count). The van der Waals surface area contributed by atoms with Crippen molar-refractivity contribution in [3.63, 3.8) is 0 Å². The zero-order valence-electron chi connectivity index (χ0n) is 19.2. The average Bonchev–Trinajstić information content (AvgIpc) is 2.79. The van der Waals surface area contributed by atoms with Gasteiger partial charge in [0.1, 0.15) is 18.1 Å². The fraction of sp³-hybridized carbons (Fsp3) is 0.250. The van der Waals surface area contributed by atoms with Crippen molar-refractivity contribution in [2.24, 2.45) is 0 Å². The van der Waals surface area contributed by atoms with Crippen LogP contribution in [0, 0.1) is 13.8 Å². The van der Waals surface area contributed by atoms with E-state index >= 15 is 0 Å².